The second-order valence-corrected chi connectivity index (χ2v) is 5.59. The van der Waals surface area contributed by atoms with E-state index in [1.807, 2.05) is 13.8 Å². The summed E-state index contributed by atoms with van der Waals surface area (Å²) in [7, 11) is 0. The Morgan fingerprint density at radius 2 is 2.16 bits per heavy atom. The molecule has 19 heavy (non-hydrogen) atoms. The zero-order chi connectivity index (χ0) is 14.0. The van der Waals surface area contributed by atoms with Crippen molar-refractivity contribution in [2.45, 2.75) is 44.8 Å². The van der Waals surface area contributed by atoms with E-state index in [0.29, 0.717) is 18.0 Å². The van der Waals surface area contributed by atoms with Crippen molar-refractivity contribution >= 4 is 11.4 Å². The fourth-order valence-electron chi connectivity index (χ4n) is 2.47. The number of nitrogens with two attached hydrogens (primary N) is 1. The molecule has 1 aliphatic rings. The minimum atomic E-state index is -2.53. The molecule has 1 aliphatic heterocycles. The van der Waals surface area contributed by atoms with E-state index in [1.165, 1.54) is 6.07 Å². The molecular formula is C14H20F2N2O. The van der Waals surface area contributed by atoms with E-state index in [0.717, 1.165) is 12.8 Å². The van der Waals surface area contributed by atoms with E-state index in [4.69, 9.17) is 10.5 Å². The molecule has 1 aromatic carbocycles. The van der Waals surface area contributed by atoms with Crippen LogP contribution in [0, 0.1) is 0 Å². The second kappa shape index (κ2) is 5.33. The zero-order valence-electron chi connectivity index (χ0n) is 11.2. The third-order valence-electron chi connectivity index (χ3n) is 3.37. The number of nitrogen functional groups attached to an aromatic ring is 1. The summed E-state index contributed by atoms with van der Waals surface area (Å²) < 4.78 is 31.6. The highest BCUT2D eigenvalue weighted by Crippen LogP contribution is 2.32. The first-order valence-corrected chi connectivity index (χ1v) is 6.45. The van der Waals surface area contributed by atoms with E-state index in [-0.39, 0.29) is 17.2 Å². The SMILES string of the molecule is CC1(C)CC(Nc2ccc(N)cc2C(F)F)CCO1. The maximum absolute atomic E-state index is 13.0. The summed E-state index contributed by atoms with van der Waals surface area (Å²) >= 11 is 0. The largest absolute Gasteiger partial charge is 0.399 e. The molecule has 2 rings (SSSR count). The third-order valence-corrected chi connectivity index (χ3v) is 3.37. The first-order valence-electron chi connectivity index (χ1n) is 6.45. The van der Waals surface area contributed by atoms with Crippen molar-refractivity contribution in [3.63, 3.8) is 0 Å². The summed E-state index contributed by atoms with van der Waals surface area (Å²) in [4.78, 5) is 0. The molecule has 0 aromatic heterocycles. The lowest BCUT2D eigenvalue weighted by molar-refractivity contribution is -0.0553. The van der Waals surface area contributed by atoms with Crippen LogP contribution in [0.25, 0.3) is 0 Å². The lowest BCUT2D eigenvalue weighted by Gasteiger charge is -2.36. The smallest absolute Gasteiger partial charge is 0.265 e. The molecule has 106 valence electrons. The quantitative estimate of drug-likeness (QED) is 0.825. The Bertz CT molecular complexity index is 449. The molecule has 1 saturated heterocycles. The summed E-state index contributed by atoms with van der Waals surface area (Å²) in [6.45, 7) is 4.67. The van der Waals surface area contributed by atoms with Gasteiger partial charge in [-0.25, -0.2) is 8.78 Å². The van der Waals surface area contributed by atoms with Gasteiger partial charge in [0, 0.05) is 29.6 Å². The second-order valence-electron chi connectivity index (χ2n) is 5.59. The Labute approximate surface area is 112 Å². The number of nitrogens with one attached hydrogen (secondary N) is 1. The van der Waals surface area contributed by atoms with Crippen LogP contribution in [-0.2, 0) is 4.74 Å². The van der Waals surface area contributed by atoms with E-state index in [2.05, 4.69) is 5.32 Å². The van der Waals surface area contributed by atoms with Crippen molar-refractivity contribution in [1.82, 2.24) is 0 Å². The highest BCUT2D eigenvalue weighted by Gasteiger charge is 2.29. The van der Waals surface area contributed by atoms with Crippen LogP contribution in [0.3, 0.4) is 0 Å². The molecule has 5 heteroatoms. The molecule has 3 nitrogen and oxygen atoms in total. The minimum absolute atomic E-state index is 0.0377. The normalized spacial score (nSPS) is 22.5. The van der Waals surface area contributed by atoms with Crippen molar-refractivity contribution in [2.24, 2.45) is 0 Å². The van der Waals surface area contributed by atoms with Crippen LogP contribution in [0.1, 0.15) is 38.7 Å². The maximum atomic E-state index is 13.0. The van der Waals surface area contributed by atoms with Gasteiger partial charge in [0.2, 0.25) is 0 Å². The van der Waals surface area contributed by atoms with E-state index in [1.54, 1.807) is 12.1 Å². The fraction of sp³-hybridized carbons (Fsp3) is 0.571. The Hall–Kier alpha value is -1.36. The number of benzene rings is 1. The van der Waals surface area contributed by atoms with Gasteiger partial charge in [0.15, 0.2) is 0 Å². The summed E-state index contributed by atoms with van der Waals surface area (Å²) in [6, 6.07) is 4.74. The average Bonchev–Trinajstić information content (AvgIpc) is 2.30. The number of hydrogen-bond acceptors (Lipinski definition) is 3. The number of halogens is 2. The van der Waals surface area contributed by atoms with Gasteiger partial charge in [-0.2, -0.15) is 0 Å². The van der Waals surface area contributed by atoms with Crippen LogP contribution < -0.4 is 11.1 Å². The van der Waals surface area contributed by atoms with Crippen molar-refractivity contribution in [3.05, 3.63) is 23.8 Å². The molecule has 0 aliphatic carbocycles. The standard InChI is InChI=1S/C14H20F2N2O/c1-14(2)8-10(5-6-19-14)18-12-4-3-9(17)7-11(12)13(15)16/h3-4,7,10,13,18H,5-6,8,17H2,1-2H3. The number of ether oxygens (including phenoxy) is 1. The van der Waals surface area contributed by atoms with Gasteiger partial charge in [0.05, 0.1) is 5.60 Å². The molecule has 3 N–H and O–H groups in total. The van der Waals surface area contributed by atoms with Crippen LogP contribution in [-0.4, -0.2) is 18.2 Å². The van der Waals surface area contributed by atoms with Crippen molar-refractivity contribution in [2.75, 3.05) is 17.7 Å². The Kier molecular flexibility index (Phi) is 3.94. The van der Waals surface area contributed by atoms with Gasteiger partial charge in [-0.05, 0) is 44.9 Å². The van der Waals surface area contributed by atoms with Gasteiger partial charge >= 0.3 is 0 Å². The van der Waals surface area contributed by atoms with Crippen molar-refractivity contribution in [3.8, 4) is 0 Å². The molecule has 1 heterocycles. The third kappa shape index (κ3) is 3.56. The Balaban J connectivity index is 2.14. The van der Waals surface area contributed by atoms with Crippen molar-refractivity contribution < 1.29 is 13.5 Å². The van der Waals surface area contributed by atoms with E-state index >= 15 is 0 Å². The van der Waals surface area contributed by atoms with Gasteiger partial charge in [0.25, 0.3) is 6.43 Å². The predicted molar refractivity (Wildman–Crippen MR) is 72.5 cm³/mol. The highest BCUT2D eigenvalue weighted by atomic mass is 19.3. The Morgan fingerprint density at radius 1 is 1.42 bits per heavy atom. The van der Waals surface area contributed by atoms with Crippen LogP contribution in [0.4, 0.5) is 20.2 Å². The number of hydrogen-bond donors (Lipinski definition) is 2. The van der Waals surface area contributed by atoms with E-state index < -0.39 is 6.43 Å². The average molecular weight is 270 g/mol. The molecule has 0 spiro atoms. The van der Waals surface area contributed by atoms with Gasteiger partial charge in [-0.1, -0.05) is 0 Å². The topological polar surface area (TPSA) is 47.3 Å². The van der Waals surface area contributed by atoms with Crippen LogP contribution in [0.15, 0.2) is 18.2 Å². The minimum Gasteiger partial charge on any atom is -0.399 e. The fourth-order valence-corrected chi connectivity index (χ4v) is 2.47. The molecule has 0 bridgehead atoms. The number of anilines is 2. The molecule has 1 fully saturated rings. The predicted octanol–water partition coefficient (Wildman–Crippen LogP) is 3.58. The zero-order valence-corrected chi connectivity index (χ0v) is 11.2. The number of alkyl halides is 2. The molecule has 1 unspecified atom stereocenters. The molecule has 1 atom stereocenters. The van der Waals surface area contributed by atoms with Crippen LogP contribution >= 0.6 is 0 Å². The maximum Gasteiger partial charge on any atom is 0.265 e. The molecule has 0 amide bonds. The molecule has 0 radical (unpaired) electrons. The van der Waals surface area contributed by atoms with E-state index in [9.17, 15) is 8.78 Å². The summed E-state index contributed by atoms with van der Waals surface area (Å²) in [5.41, 5.74) is 6.13. The lowest BCUT2D eigenvalue weighted by Crippen LogP contribution is -2.40. The van der Waals surface area contributed by atoms with Gasteiger partial charge in [-0.3, -0.25) is 0 Å². The molecule has 0 saturated carbocycles. The van der Waals surface area contributed by atoms with Crippen molar-refractivity contribution in [1.29, 1.82) is 0 Å². The first-order chi connectivity index (χ1) is 8.87. The van der Waals surface area contributed by atoms with Crippen LogP contribution in [0.5, 0.6) is 0 Å². The molecule has 1 aromatic rings. The van der Waals surface area contributed by atoms with Gasteiger partial charge < -0.3 is 15.8 Å². The highest BCUT2D eigenvalue weighted by molar-refractivity contribution is 5.59. The number of rotatable bonds is 3. The lowest BCUT2D eigenvalue weighted by atomic mass is 9.93. The molecular weight excluding hydrogens is 250 g/mol. The summed E-state index contributed by atoms with van der Waals surface area (Å²) in [6.07, 6.45) is -0.921. The summed E-state index contributed by atoms with van der Waals surface area (Å²) in [5, 5.41) is 3.20. The van der Waals surface area contributed by atoms with Crippen LogP contribution in [0.2, 0.25) is 0 Å². The summed E-state index contributed by atoms with van der Waals surface area (Å²) in [5.74, 6) is 0. The first kappa shape index (κ1) is 14.1. The van der Waals surface area contributed by atoms with Gasteiger partial charge in [-0.15, -0.1) is 0 Å². The monoisotopic (exact) mass is 270 g/mol. The van der Waals surface area contributed by atoms with Gasteiger partial charge in [0.1, 0.15) is 0 Å². The Morgan fingerprint density at radius 3 is 2.79 bits per heavy atom.